The zero-order valence-corrected chi connectivity index (χ0v) is 17.8. The fraction of sp³-hybridized carbons (Fsp3) is 0.231. The molecule has 0 atom stereocenters. The quantitative estimate of drug-likeness (QED) is 0.485. The second-order valence-corrected chi connectivity index (χ2v) is 7.30. The minimum absolute atomic E-state index is 0.0560. The topological polar surface area (TPSA) is 58.6 Å². The fourth-order valence-electron chi connectivity index (χ4n) is 3.40. The van der Waals surface area contributed by atoms with Gasteiger partial charge in [0, 0.05) is 37.3 Å². The highest BCUT2D eigenvalue weighted by Gasteiger charge is 2.13. The first-order chi connectivity index (χ1) is 15.2. The van der Waals surface area contributed by atoms with Crippen LogP contribution in [0.2, 0.25) is 0 Å². The van der Waals surface area contributed by atoms with Crippen molar-refractivity contribution in [3.63, 3.8) is 0 Å². The number of rotatable bonds is 10. The molecule has 0 spiro atoms. The number of methoxy groups -OCH3 is 1. The molecule has 0 unspecified atom stereocenters. The molecular formula is C26H28N2O3. The molecule has 3 aromatic rings. The van der Waals surface area contributed by atoms with Gasteiger partial charge in [0.2, 0.25) is 5.91 Å². The van der Waals surface area contributed by atoms with Crippen molar-refractivity contribution < 1.29 is 14.3 Å². The van der Waals surface area contributed by atoms with Gasteiger partial charge in [-0.25, -0.2) is 0 Å². The van der Waals surface area contributed by atoms with Crippen molar-refractivity contribution >= 4 is 17.6 Å². The normalized spacial score (nSPS) is 10.6. The number of benzene rings is 3. The Morgan fingerprint density at radius 1 is 0.806 bits per heavy atom. The van der Waals surface area contributed by atoms with Crippen molar-refractivity contribution in [3.8, 4) is 11.1 Å². The van der Waals surface area contributed by atoms with E-state index in [4.69, 9.17) is 4.74 Å². The van der Waals surface area contributed by atoms with Gasteiger partial charge in [-0.15, -0.1) is 0 Å². The van der Waals surface area contributed by atoms with Gasteiger partial charge < -0.3 is 10.1 Å². The molecule has 3 rings (SSSR count). The van der Waals surface area contributed by atoms with E-state index in [9.17, 15) is 9.59 Å². The molecule has 1 amide bonds. The van der Waals surface area contributed by atoms with Crippen LogP contribution in [0.4, 0.5) is 5.69 Å². The number of hydrogen-bond acceptors (Lipinski definition) is 4. The number of para-hydroxylation sites is 1. The molecule has 31 heavy (non-hydrogen) atoms. The summed E-state index contributed by atoms with van der Waals surface area (Å²) in [6, 6.07) is 27.8. The Balaban J connectivity index is 1.62. The van der Waals surface area contributed by atoms with Crippen LogP contribution in [-0.2, 0) is 20.9 Å². The smallest absolute Gasteiger partial charge is 0.306 e. The van der Waals surface area contributed by atoms with Gasteiger partial charge in [-0.3, -0.25) is 14.5 Å². The summed E-state index contributed by atoms with van der Waals surface area (Å²) >= 11 is 0. The van der Waals surface area contributed by atoms with E-state index in [0.717, 1.165) is 22.4 Å². The van der Waals surface area contributed by atoms with Gasteiger partial charge in [0.1, 0.15) is 0 Å². The number of carbonyl (C=O) groups is 2. The van der Waals surface area contributed by atoms with E-state index in [2.05, 4.69) is 10.2 Å². The van der Waals surface area contributed by atoms with Gasteiger partial charge in [0.05, 0.1) is 13.5 Å². The lowest BCUT2D eigenvalue weighted by molar-refractivity contribution is -0.141. The van der Waals surface area contributed by atoms with Crippen molar-refractivity contribution in [2.75, 3.05) is 25.5 Å². The molecule has 5 nitrogen and oxygen atoms in total. The number of ether oxygens (including phenoxy) is 1. The summed E-state index contributed by atoms with van der Waals surface area (Å²) < 4.78 is 4.77. The van der Waals surface area contributed by atoms with Gasteiger partial charge in [0.25, 0.3) is 0 Å². The number of anilines is 1. The van der Waals surface area contributed by atoms with Crippen molar-refractivity contribution in [1.29, 1.82) is 0 Å². The minimum atomic E-state index is -0.251. The van der Waals surface area contributed by atoms with Gasteiger partial charge >= 0.3 is 5.97 Å². The third-order valence-corrected chi connectivity index (χ3v) is 5.05. The zero-order chi connectivity index (χ0) is 21.9. The molecule has 160 valence electrons. The van der Waals surface area contributed by atoms with Crippen LogP contribution in [0.5, 0.6) is 0 Å². The molecule has 0 fully saturated rings. The zero-order valence-electron chi connectivity index (χ0n) is 17.8. The molecule has 0 aromatic heterocycles. The molecule has 0 bridgehead atoms. The van der Waals surface area contributed by atoms with Crippen LogP contribution < -0.4 is 5.32 Å². The Kier molecular flexibility index (Phi) is 8.38. The summed E-state index contributed by atoms with van der Waals surface area (Å²) in [5, 5.41) is 3.05. The van der Waals surface area contributed by atoms with Crippen LogP contribution in [0, 0.1) is 0 Å². The van der Waals surface area contributed by atoms with E-state index < -0.39 is 0 Å². The largest absolute Gasteiger partial charge is 0.469 e. The van der Waals surface area contributed by atoms with Crippen molar-refractivity contribution in [1.82, 2.24) is 4.90 Å². The Hall–Kier alpha value is -3.44. The highest BCUT2D eigenvalue weighted by Crippen LogP contribution is 2.27. The first-order valence-corrected chi connectivity index (χ1v) is 10.4. The van der Waals surface area contributed by atoms with Crippen LogP contribution in [0.1, 0.15) is 18.4 Å². The number of amides is 1. The monoisotopic (exact) mass is 416 g/mol. The fourth-order valence-corrected chi connectivity index (χ4v) is 3.40. The summed E-state index contributed by atoms with van der Waals surface area (Å²) in [6.07, 6.45) is 0.624. The molecule has 3 aromatic carbocycles. The van der Waals surface area contributed by atoms with Gasteiger partial charge in [-0.2, -0.15) is 0 Å². The van der Waals surface area contributed by atoms with Crippen LogP contribution >= 0.6 is 0 Å². The van der Waals surface area contributed by atoms with Gasteiger partial charge in [-0.05, 0) is 17.2 Å². The summed E-state index contributed by atoms with van der Waals surface area (Å²) in [5.74, 6) is -0.307. The highest BCUT2D eigenvalue weighted by atomic mass is 16.5. The van der Waals surface area contributed by atoms with Crippen molar-refractivity contribution in [2.24, 2.45) is 0 Å². The molecule has 0 aliphatic rings. The summed E-state index contributed by atoms with van der Waals surface area (Å²) in [7, 11) is 1.39. The first kappa shape index (κ1) is 22.2. The Morgan fingerprint density at radius 3 is 2.13 bits per heavy atom. The predicted octanol–water partition coefficient (Wildman–Crippen LogP) is 4.75. The Labute approximate surface area is 183 Å². The van der Waals surface area contributed by atoms with Crippen LogP contribution in [0.15, 0.2) is 84.9 Å². The lowest BCUT2D eigenvalue weighted by atomic mass is 10.0. The van der Waals surface area contributed by atoms with Crippen molar-refractivity contribution in [3.05, 3.63) is 90.5 Å². The average molecular weight is 417 g/mol. The molecule has 0 heterocycles. The molecule has 5 heteroatoms. The standard InChI is InChI=1S/C26H28N2O3/c1-31-26(30)17-19-28(20-21-10-4-2-5-11-21)18-16-25(29)27-24-15-9-8-14-23(24)22-12-6-3-7-13-22/h2-15H,16-20H2,1H3,(H,27,29). The van der Waals surface area contributed by atoms with E-state index in [0.29, 0.717) is 32.5 Å². The van der Waals surface area contributed by atoms with Crippen molar-refractivity contribution in [2.45, 2.75) is 19.4 Å². The summed E-state index contributed by atoms with van der Waals surface area (Å²) in [5.41, 5.74) is 3.98. The summed E-state index contributed by atoms with van der Waals surface area (Å²) in [4.78, 5) is 26.4. The van der Waals surface area contributed by atoms with E-state index in [-0.39, 0.29) is 11.9 Å². The van der Waals surface area contributed by atoms with Crippen LogP contribution in [0.25, 0.3) is 11.1 Å². The van der Waals surface area contributed by atoms with E-state index in [1.807, 2.05) is 84.9 Å². The molecule has 0 aliphatic carbocycles. The minimum Gasteiger partial charge on any atom is -0.469 e. The van der Waals surface area contributed by atoms with Crippen LogP contribution in [0.3, 0.4) is 0 Å². The number of hydrogen-bond donors (Lipinski definition) is 1. The molecule has 0 saturated heterocycles. The van der Waals surface area contributed by atoms with Gasteiger partial charge in [-0.1, -0.05) is 78.9 Å². The second kappa shape index (κ2) is 11.7. The number of nitrogens with one attached hydrogen (secondary N) is 1. The predicted molar refractivity (Wildman–Crippen MR) is 123 cm³/mol. The number of nitrogens with zero attached hydrogens (tertiary/aromatic N) is 1. The third kappa shape index (κ3) is 7.08. The highest BCUT2D eigenvalue weighted by molar-refractivity contribution is 5.95. The number of esters is 1. The van der Waals surface area contributed by atoms with E-state index in [1.165, 1.54) is 7.11 Å². The Bertz CT molecular complexity index is 974. The lowest BCUT2D eigenvalue weighted by Gasteiger charge is -2.22. The molecule has 0 saturated carbocycles. The van der Waals surface area contributed by atoms with E-state index in [1.54, 1.807) is 0 Å². The maximum atomic E-state index is 12.7. The summed E-state index contributed by atoms with van der Waals surface area (Å²) in [6.45, 7) is 1.76. The molecule has 0 aliphatic heterocycles. The molecule has 0 radical (unpaired) electrons. The lowest BCUT2D eigenvalue weighted by Crippen LogP contribution is -2.30. The molecular weight excluding hydrogens is 388 g/mol. The second-order valence-electron chi connectivity index (χ2n) is 7.30. The first-order valence-electron chi connectivity index (χ1n) is 10.4. The molecule has 1 N–H and O–H groups in total. The van der Waals surface area contributed by atoms with Crippen LogP contribution in [-0.4, -0.2) is 37.0 Å². The average Bonchev–Trinajstić information content (AvgIpc) is 2.82. The Morgan fingerprint density at radius 2 is 1.42 bits per heavy atom. The number of carbonyl (C=O) groups excluding carboxylic acids is 2. The van der Waals surface area contributed by atoms with E-state index >= 15 is 0 Å². The van der Waals surface area contributed by atoms with Gasteiger partial charge in [0.15, 0.2) is 0 Å². The maximum absolute atomic E-state index is 12.7. The SMILES string of the molecule is COC(=O)CCN(CCC(=O)Nc1ccccc1-c1ccccc1)Cc1ccccc1. The maximum Gasteiger partial charge on any atom is 0.306 e. The third-order valence-electron chi connectivity index (χ3n) is 5.05.